The van der Waals surface area contributed by atoms with Crippen LogP contribution < -0.4 is 0 Å². The number of hydrogen-bond acceptors (Lipinski definition) is 3. The van der Waals surface area contributed by atoms with Crippen LogP contribution in [-0.4, -0.2) is 48.3 Å². The first-order valence-corrected chi connectivity index (χ1v) is 6.05. The highest BCUT2D eigenvalue weighted by atomic mass is 16.5. The number of carboxylic acid groups (broad SMARTS) is 1. The van der Waals surface area contributed by atoms with Crippen LogP contribution in [0.25, 0.3) is 0 Å². The number of ether oxygens (including phenoxy) is 1. The van der Waals surface area contributed by atoms with Gasteiger partial charge in [-0.05, 0) is 12.3 Å². The van der Waals surface area contributed by atoms with E-state index in [1.54, 1.807) is 6.92 Å². The minimum absolute atomic E-state index is 0.0820. The van der Waals surface area contributed by atoms with E-state index in [1.807, 2.05) is 0 Å². The lowest BCUT2D eigenvalue weighted by atomic mass is 10.0. The Morgan fingerprint density at radius 3 is 2.75 bits per heavy atom. The first kappa shape index (κ1) is 13.5. The Morgan fingerprint density at radius 1 is 1.50 bits per heavy atom. The molecule has 1 aliphatic rings. The summed E-state index contributed by atoms with van der Waals surface area (Å²) in [5, 5.41) is 8.85. The predicted molar refractivity (Wildman–Crippen MR) is 62.4 cm³/mol. The van der Waals surface area contributed by atoms with Gasteiger partial charge in [-0.3, -0.25) is 9.69 Å². The van der Waals surface area contributed by atoms with Gasteiger partial charge >= 0.3 is 5.97 Å². The largest absolute Gasteiger partial charge is 0.481 e. The minimum atomic E-state index is -0.732. The van der Waals surface area contributed by atoms with Gasteiger partial charge in [-0.25, -0.2) is 0 Å². The molecule has 4 nitrogen and oxygen atoms in total. The van der Waals surface area contributed by atoms with Crippen molar-refractivity contribution in [2.75, 3.05) is 26.2 Å². The number of morpholine rings is 1. The molecule has 2 atom stereocenters. The topological polar surface area (TPSA) is 49.8 Å². The number of hydrogen-bond donors (Lipinski definition) is 1. The fourth-order valence-corrected chi connectivity index (χ4v) is 2.10. The average molecular weight is 229 g/mol. The molecule has 0 bridgehead atoms. The van der Waals surface area contributed by atoms with Gasteiger partial charge in [-0.1, -0.05) is 20.8 Å². The van der Waals surface area contributed by atoms with Crippen molar-refractivity contribution in [1.82, 2.24) is 4.90 Å². The smallest absolute Gasteiger partial charge is 0.306 e. The Kier molecular flexibility index (Phi) is 5.22. The lowest BCUT2D eigenvalue weighted by Crippen LogP contribution is -2.44. The van der Waals surface area contributed by atoms with Crippen LogP contribution in [0.1, 0.15) is 27.2 Å². The Balaban J connectivity index is 2.35. The van der Waals surface area contributed by atoms with E-state index in [4.69, 9.17) is 9.84 Å². The molecule has 1 rings (SSSR count). The second kappa shape index (κ2) is 6.21. The van der Waals surface area contributed by atoms with Gasteiger partial charge in [0.15, 0.2) is 0 Å². The molecule has 1 saturated heterocycles. The summed E-state index contributed by atoms with van der Waals surface area (Å²) in [4.78, 5) is 13.1. The van der Waals surface area contributed by atoms with Crippen LogP contribution in [0.4, 0.5) is 0 Å². The molecule has 1 N–H and O–H groups in total. The Hall–Kier alpha value is -0.610. The van der Waals surface area contributed by atoms with E-state index < -0.39 is 5.97 Å². The SMILES string of the molecule is CC(C)CN1CCOC(C[C@@H](C)C(=O)O)C1. The molecule has 0 aromatic heterocycles. The van der Waals surface area contributed by atoms with Crippen molar-refractivity contribution in [2.24, 2.45) is 11.8 Å². The summed E-state index contributed by atoms with van der Waals surface area (Å²) in [6, 6.07) is 0. The zero-order valence-electron chi connectivity index (χ0n) is 10.5. The number of aliphatic carboxylic acids is 1. The maximum Gasteiger partial charge on any atom is 0.306 e. The average Bonchev–Trinajstić information content (AvgIpc) is 2.16. The quantitative estimate of drug-likeness (QED) is 0.775. The van der Waals surface area contributed by atoms with Gasteiger partial charge in [0.05, 0.1) is 18.6 Å². The van der Waals surface area contributed by atoms with E-state index in [9.17, 15) is 4.79 Å². The fraction of sp³-hybridized carbons (Fsp3) is 0.917. The summed E-state index contributed by atoms with van der Waals surface area (Å²) in [6.07, 6.45) is 0.697. The van der Waals surface area contributed by atoms with Crippen molar-refractivity contribution in [2.45, 2.75) is 33.3 Å². The maximum atomic E-state index is 10.8. The number of carboxylic acids is 1. The third-order valence-corrected chi connectivity index (χ3v) is 2.88. The molecule has 94 valence electrons. The predicted octanol–water partition coefficient (Wildman–Crippen LogP) is 1.45. The van der Waals surface area contributed by atoms with E-state index in [1.165, 1.54) is 0 Å². The van der Waals surface area contributed by atoms with Crippen LogP contribution >= 0.6 is 0 Å². The standard InChI is InChI=1S/C12H23NO3/c1-9(2)7-13-4-5-16-11(8-13)6-10(3)12(14)15/h9-11H,4-8H2,1-3H3,(H,14,15)/t10-,11?/m1/s1. The molecule has 16 heavy (non-hydrogen) atoms. The summed E-state index contributed by atoms with van der Waals surface area (Å²) in [5.41, 5.74) is 0. The molecule has 0 spiro atoms. The van der Waals surface area contributed by atoms with Gasteiger partial charge in [-0.2, -0.15) is 0 Å². The molecule has 0 saturated carbocycles. The van der Waals surface area contributed by atoms with Crippen LogP contribution in [0.15, 0.2) is 0 Å². The second-order valence-corrected chi connectivity index (χ2v) is 5.12. The van der Waals surface area contributed by atoms with Gasteiger partial charge < -0.3 is 9.84 Å². The van der Waals surface area contributed by atoms with Crippen molar-refractivity contribution < 1.29 is 14.6 Å². The van der Waals surface area contributed by atoms with Crippen LogP contribution in [0.2, 0.25) is 0 Å². The zero-order chi connectivity index (χ0) is 12.1. The molecule has 1 unspecified atom stereocenters. The zero-order valence-corrected chi connectivity index (χ0v) is 10.5. The molecular formula is C12H23NO3. The van der Waals surface area contributed by atoms with Crippen molar-refractivity contribution in [3.05, 3.63) is 0 Å². The van der Waals surface area contributed by atoms with Crippen LogP contribution in [0.5, 0.6) is 0 Å². The molecule has 1 fully saturated rings. The highest BCUT2D eigenvalue weighted by molar-refractivity contribution is 5.69. The Labute approximate surface area is 97.6 Å². The fourth-order valence-electron chi connectivity index (χ4n) is 2.10. The van der Waals surface area contributed by atoms with Gasteiger partial charge in [-0.15, -0.1) is 0 Å². The first-order valence-electron chi connectivity index (χ1n) is 6.05. The van der Waals surface area contributed by atoms with Crippen molar-refractivity contribution in [3.8, 4) is 0 Å². The number of carbonyl (C=O) groups is 1. The Bertz CT molecular complexity index is 230. The molecule has 0 aliphatic carbocycles. The molecule has 4 heteroatoms. The van der Waals surface area contributed by atoms with Gasteiger partial charge in [0.2, 0.25) is 0 Å². The molecule has 1 aliphatic heterocycles. The molecular weight excluding hydrogens is 206 g/mol. The summed E-state index contributed by atoms with van der Waals surface area (Å²) >= 11 is 0. The van der Waals surface area contributed by atoms with Crippen molar-refractivity contribution >= 4 is 5.97 Å². The molecule has 0 aromatic rings. The van der Waals surface area contributed by atoms with Gasteiger partial charge in [0, 0.05) is 19.6 Å². The van der Waals surface area contributed by atoms with Gasteiger partial charge in [0.1, 0.15) is 0 Å². The summed E-state index contributed by atoms with van der Waals surface area (Å²) in [7, 11) is 0. The summed E-state index contributed by atoms with van der Waals surface area (Å²) in [5.74, 6) is -0.399. The normalized spacial score (nSPS) is 24.6. The van der Waals surface area contributed by atoms with E-state index in [0.717, 1.165) is 26.2 Å². The van der Waals surface area contributed by atoms with Crippen LogP contribution in [0.3, 0.4) is 0 Å². The third kappa shape index (κ3) is 4.49. The summed E-state index contributed by atoms with van der Waals surface area (Å²) in [6.45, 7) is 9.78. The minimum Gasteiger partial charge on any atom is -0.481 e. The van der Waals surface area contributed by atoms with Crippen molar-refractivity contribution in [1.29, 1.82) is 0 Å². The molecule has 1 heterocycles. The highest BCUT2D eigenvalue weighted by Crippen LogP contribution is 2.15. The molecule has 0 radical (unpaired) electrons. The number of rotatable bonds is 5. The third-order valence-electron chi connectivity index (χ3n) is 2.88. The number of nitrogens with zero attached hydrogens (tertiary/aromatic N) is 1. The molecule has 0 aromatic carbocycles. The van der Waals surface area contributed by atoms with Gasteiger partial charge in [0.25, 0.3) is 0 Å². The van der Waals surface area contributed by atoms with E-state index in [0.29, 0.717) is 12.3 Å². The van der Waals surface area contributed by atoms with E-state index in [-0.39, 0.29) is 12.0 Å². The lowest BCUT2D eigenvalue weighted by molar-refractivity contribution is -0.143. The van der Waals surface area contributed by atoms with E-state index in [2.05, 4.69) is 18.7 Å². The van der Waals surface area contributed by atoms with Crippen molar-refractivity contribution in [3.63, 3.8) is 0 Å². The lowest BCUT2D eigenvalue weighted by Gasteiger charge is -2.34. The second-order valence-electron chi connectivity index (χ2n) is 5.12. The highest BCUT2D eigenvalue weighted by Gasteiger charge is 2.24. The monoisotopic (exact) mass is 229 g/mol. The first-order chi connectivity index (χ1) is 7.49. The maximum absolute atomic E-state index is 10.8. The molecule has 0 amide bonds. The Morgan fingerprint density at radius 2 is 2.19 bits per heavy atom. The van der Waals surface area contributed by atoms with E-state index >= 15 is 0 Å². The van der Waals surface area contributed by atoms with Crippen LogP contribution in [0, 0.1) is 11.8 Å². The van der Waals surface area contributed by atoms with Crippen LogP contribution in [-0.2, 0) is 9.53 Å². The summed E-state index contributed by atoms with van der Waals surface area (Å²) < 4.78 is 5.61.